The van der Waals surface area contributed by atoms with Crippen LogP contribution in [0.4, 0.5) is 0 Å². The molecule has 6 nitrogen and oxygen atoms in total. The van der Waals surface area contributed by atoms with Crippen molar-refractivity contribution >= 4 is 10.0 Å². The van der Waals surface area contributed by atoms with E-state index in [-0.39, 0.29) is 0 Å². The van der Waals surface area contributed by atoms with Crippen molar-refractivity contribution in [2.24, 2.45) is 0 Å². The van der Waals surface area contributed by atoms with Gasteiger partial charge in [0.25, 0.3) is 0 Å². The number of H-pyrrole nitrogens is 1. The smallest absolute Gasteiger partial charge is 0.217 e. The van der Waals surface area contributed by atoms with Crippen molar-refractivity contribution in [3.63, 3.8) is 0 Å². The second-order valence-electron chi connectivity index (χ2n) is 4.33. The normalized spacial score (nSPS) is 15.2. The number of nitrogens with one attached hydrogen (secondary N) is 2. The second kappa shape index (κ2) is 3.90. The monoisotopic (exact) mass is 232 g/mol. The number of aromatic nitrogens is 3. The van der Waals surface area contributed by atoms with Crippen LogP contribution in [0, 0.1) is 0 Å². The molecule has 0 fully saturated rings. The predicted molar refractivity (Wildman–Crippen MR) is 56.6 cm³/mol. The van der Waals surface area contributed by atoms with Crippen LogP contribution in [0.25, 0.3) is 0 Å². The summed E-state index contributed by atoms with van der Waals surface area (Å²) in [6, 6.07) is -0.406. The summed E-state index contributed by atoms with van der Waals surface area (Å²) < 4.78 is 25.3. The van der Waals surface area contributed by atoms with Gasteiger partial charge in [0.15, 0.2) is 0 Å². The lowest BCUT2D eigenvalue weighted by molar-refractivity contribution is 0.527. The Morgan fingerprint density at radius 3 is 2.47 bits per heavy atom. The van der Waals surface area contributed by atoms with Crippen molar-refractivity contribution < 1.29 is 8.42 Å². The van der Waals surface area contributed by atoms with Crippen molar-refractivity contribution in [2.75, 3.05) is 0 Å². The highest BCUT2D eigenvalue weighted by Crippen LogP contribution is 2.17. The third kappa shape index (κ3) is 2.75. The van der Waals surface area contributed by atoms with E-state index in [9.17, 15) is 8.42 Å². The van der Waals surface area contributed by atoms with Crippen LogP contribution in [0.15, 0.2) is 6.33 Å². The summed E-state index contributed by atoms with van der Waals surface area (Å²) in [5.41, 5.74) is 0. The Kier molecular flexibility index (Phi) is 3.15. The zero-order valence-corrected chi connectivity index (χ0v) is 10.1. The molecular formula is C8H16N4O2S. The molecule has 0 spiro atoms. The highest BCUT2D eigenvalue weighted by atomic mass is 32.2. The Morgan fingerprint density at radius 2 is 2.07 bits per heavy atom. The summed E-state index contributed by atoms with van der Waals surface area (Å²) >= 11 is 0. The van der Waals surface area contributed by atoms with Crippen LogP contribution in [0.2, 0.25) is 0 Å². The number of aromatic amines is 1. The lowest BCUT2D eigenvalue weighted by atomic mass is 10.3. The molecule has 1 atom stereocenters. The molecule has 0 aromatic carbocycles. The van der Waals surface area contributed by atoms with E-state index < -0.39 is 20.8 Å². The van der Waals surface area contributed by atoms with Gasteiger partial charge in [-0.2, -0.15) is 5.10 Å². The molecule has 1 rings (SSSR count). The van der Waals surface area contributed by atoms with E-state index in [0.717, 1.165) is 0 Å². The van der Waals surface area contributed by atoms with E-state index in [4.69, 9.17) is 0 Å². The molecule has 86 valence electrons. The molecule has 7 heteroatoms. The van der Waals surface area contributed by atoms with Crippen molar-refractivity contribution in [1.82, 2.24) is 19.9 Å². The van der Waals surface area contributed by atoms with Gasteiger partial charge in [-0.1, -0.05) is 0 Å². The van der Waals surface area contributed by atoms with E-state index in [2.05, 4.69) is 19.9 Å². The lowest BCUT2D eigenvalue weighted by Crippen LogP contribution is -2.40. The van der Waals surface area contributed by atoms with Gasteiger partial charge in [0.2, 0.25) is 10.0 Å². The fourth-order valence-corrected chi connectivity index (χ4v) is 1.82. The molecule has 0 saturated heterocycles. The molecule has 0 aliphatic carbocycles. The zero-order chi connectivity index (χ0) is 11.7. The average Bonchev–Trinajstić information content (AvgIpc) is 2.51. The van der Waals surface area contributed by atoms with Gasteiger partial charge in [-0.05, 0) is 27.7 Å². The SMILES string of the molecule is CC(NS(=O)(=O)C(C)(C)C)c1ncn[nH]1. The van der Waals surface area contributed by atoms with Crippen LogP contribution in [-0.2, 0) is 10.0 Å². The highest BCUT2D eigenvalue weighted by molar-refractivity contribution is 7.90. The average molecular weight is 232 g/mol. The number of hydrogen-bond acceptors (Lipinski definition) is 4. The standard InChI is InChI=1S/C8H16N4O2S/c1-6(7-9-5-10-11-7)12-15(13,14)8(2,3)4/h5-6,12H,1-4H3,(H,9,10,11). The first kappa shape index (κ1) is 12.1. The summed E-state index contributed by atoms with van der Waals surface area (Å²) in [5, 5.41) is 6.29. The zero-order valence-electron chi connectivity index (χ0n) is 9.27. The van der Waals surface area contributed by atoms with Gasteiger partial charge in [-0.3, -0.25) is 5.10 Å². The van der Waals surface area contributed by atoms with Crippen molar-refractivity contribution in [2.45, 2.75) is 38.5 Å². The van der Waals surface area contributed by atoms with Gasteiger partial charge in [-0.25, -0.2) is 18.1 Å². The topological polar surface area (TPSA) is 87.7 Å². The van der Waals surface area contributed by atoms with E-state index in [1.807, 2.05) is 0 Å². The Morgan fingerprint density at radius 1 is 1.47 bits per heavy atom. The Hall–Kier alpha value is -0.950. The first-order chi connectivity index (χ1) is 6.74. The lowest BCUT2D eigenvalue weighted by Gasteiger charge is -2.22. The van der Waals surface area contributed by atoms with Crippen LogP contribution < -0.4 is 4.72 Å². The molecule has 1 aromatic heterocycles. The molecule has 2 N–H and O–H groups in total. The minimum absolute atomic E-state index is 0.406. The summed E-state index contributed by atoms with van der Waals surface area (Å²) in [5.74, 6) is 0.503. The molecule has 1 unspecified atom stereocenters. The first-order valence-electron chi connectivity index (χ1n) is 4.61. The molecule has 0 saturated carbocycles. The molecule has 0 aliphatic heterocycles. The van der Waals surface area contributed by atoms with Gasteiger partial charge >= 0.3 is 0 Å². The Labute approximate surface area is 89.5 Å². The summed E-state index contributed by atoms with van der Waals surface area (Å²) in [4.78, 5) is 3.89. The molecule has 15 heavy (non-hydrogen) atoms. The van der Waals surface area contributed by atoms with Crippen LogP contribution in [0.5, 0.6) is 0 Å². The van der Waals surface area contributed by atoms with Gasteiger partial charge < -0.3 is 0 Å². The molecule has 1 aromatic rings. The maximum absolute atomic E-state index is 11.8. The second-order valence-corrected chi connectivity index (χ2v) is 6.79. The highest BCUT2D eigenvalue weighted by Gasteiger charge is 2.30. The number of nitrogens with zero attached hydrogens (tertiary/aromatic N) is 2. The van der Waals surface area contributed by atoms with Crippen LogP contribution in [0.3, 0.4) is 0 Å². The van der Waals surface area contributed by atoms with E-state index in [0.29, 0.717) is 5.82 Å². The predicted octanol–water partition coefficient (Wildman–Crippen LogP) is 0.584. The van der Waals surface area contributed by atoms with E-state index in [1.165, 1.54) is 6.33 Å². The van der Waals surface area contributed by atoms with Crippen LogP contribution in [0.1, 0.15) is 39.6 Å². The fourth-order valence-electron chi connectivity index (χ4n) is 0.889. The molecule has 0 bridgehead atoms. The maximum atomic E-state index is 11.8. The molecule has 0 radical (unpaired) electrons. The Bertz CT molecular complexity index is 404. The number of rotatable bonds is 3. The van der Waals surface area contributed by atoms with Crippen molar-refractivity contribution in [3.8, 4) is 0 Å². The molecular weight excluding hydrogens is 216 g/mol. The number of hydrogen-bond donors (Lipinski definition) is 2. The first-order valence-corrected chi connectivity index (χ1v) is 6.09. The quantitative estimate of drug-likeness (QED) is 0.798. The minimum Gasteiger partial charge on any atom is -0.262 e. The summed E-state index contributed by atoms with van der Waals surface area (Å²) in [6.07, 6.45) is 1.34. The third-order valence-corrected chi connectivity index (χ3v) is 4.26. The molecule has 0 amide bonds. The van der Waals surface area contributed by atoms with Crippen molar-refractivity contribution in [3.05, 3.63) is 12.2 Å². The van der Waals surface area contributed by atoms with E-state index in [1.54, 1.807) is 27.7 Å². The van der Waals surface area contributed by atoms with Gasteiger partial charge in [0, 0.05) is 0 Å². The van der Waals surface area contributed by atoms with Crippen molar-refractivity contribution in [1.29, 1.82) is 0 Å². The van der Waals surface area contributed by atoms with Gasteiger partial charge in [0.05, 0.1) is 10.8 Å². The summed E-state index contributed by atoms with van der Waals surface area (Å²) in [6.45, 7) is 6.64. The molecule has 0 aliphatic rings. The molecule has 1 heterocycles. The fraction of sp³-hybridized carbons (Fsp3) is 0.750. The van der Waals surface area contributed by atoms with Crippen LogP contribution >= 0.6 is 0 Å². The third-order valence-electron chi connectivity index (χ3n) is 1.98. The maximum Gasteiger partial charge on any atom is 0.217 e. The van der Waals surface area contributed by atoms with E-state index >= 15 is 0 Å². The van der Waals surface area contributed by atoms with Gasteiger partial charge in [0.1, 0.15) is 12.2 Å². The van der Waals surface area contributed by atoms with Gasteiger partial charge in [-0.15, -0.1) is 0 Å². The number of sulfonamides is 1. The largest absolute Gasteiger partial charge is 0.262 e. The van der Waals surface area contributed by atoms with Crippen LogP contribution in [-0.4, -0.2) is 28.3 Å². The minimum atomic E-state index is -3.36. The summed E-state index contributed by atoms with van der Waals surface area (Å²) in [7, 11) is -3.36. The Balaban J connectivity index is 2.80.